The van der Waals surface area contributed by atoms with Gasteiger partial charge in [0.25, 0.3) is 0 Å². The molecule has 0 aliphatic rings. The third-order valence-electron chi connectivity index (χ3n) is 1.97. The number of benzene rings is 1. The number of thioether (sulfide) groups is 1. The zero-order valence-electron chi connectivity index (χ0n) is 8.16. The van der Waals surface area contributed by atoms with E-state index in [1.807, 2.05) is 12.1 Å². The van der Waals surface area contributed by atoms with E-state index < -0.39 is 0 Å². The molecule has 0 radical (unpaired) electrons. The lowest BCUT2D eigenvalue weighted by molar-refractivity contribution is 0.576. The summed E-state index contributed by atoms with van der Waals surface area (Å²) in [5, 5.41) is 0. The molecule has 0 saturated heterocycles. The minimum Gasteiger partial charge on any atom is -0.271 e. The first-order chi connectivity index (χ1) is 6.76. The molecule has 78 valence electrons. The van der Waals surface area contributed by atoms with Crippen molar-refractivity contribution in [2.24, 2.45) is 5.84 Å². The Morgan fingerprint density at radius 1 is 1.57 bits per heavy atom. The van der Waals surface area contributed by atoms with Crippen LogP contribution in [0, 0.1) is 0 Å². The molecule has 1 atom stereocenters. The van der Waals surface area contributed by atoms with Gasteiger partial charge in [0.05, 0.1) is 0 Å². The molecule has 1 rings (SSSR count). The van der Waals surface area contributed by atoms with Gasteiger partial charge in [-0.3, -0.25) is 11.3 Å². The lowest BCUT2D eigenvalue weighted by atomic mass is 10.1. The molecule has 1 unspecified atom stereocenters. The highest BCUT2D eigenvalue weighted by Crippen LogP contribution is 2.13. The number of nitrogens with two attached hydrogens (primary N) is 1. The van der Waals surface area contributed by atoms with Gasteiger partial charge in [0.15, 0.2) is 0 Å². The van der Waals surface area contributed by atoms with E-state index in [4.69, 9.17) is 5.84 Å². The first kappa shape index (κ1) is 12.0. The number of rotatable bonds is 5. The molecule has 0 aromatic heterocycles. The minimum atomic E-state index is 0.347. The Kier molecular flexibility index (Phi) is 5.55. The lowest BCUT2D eigenvalue weighted by Gasteiger charge is -2.14. The van der Waals surface area contributed by atoms with Crippen LogP contribution >= 0.6 is 27.7 Å². The van der Waals surface area contributed by atoms with Crippen molar-refractivity contribution < 1.29 is 0 Å². The second kappa shape index (κ2) is 6.45. The Labute approximate surface area is 97.7 Å². The Morgan fingerprint density at radius 2 is 2.36 bits per heavy atom. The maximum absolute atomic E-state index is 5.47. The molecule has 3 N–H and O–H groups in total. The average molecular weight is 275 g/mol. The predicted octanol–water partition coefficient (Wildman–Crippen LogP) is 2.19. The van der Waals surface area contributed by atoms with Crippen LogP contribution in [0.15, 0.2) is 28.7 Å². The fraction of sp³-hybridized carbons (Fsp3) is 0.400. The van der Waals surface area contributed by atoms with Gasteiger partial charge in [-0.2, -0.15) is 11.8 Å². The summed E-state index contributed by atoms with van der Waals surface area (Å²) in [6, 6.07) is 8.68. The fourth-order valence-corrected chi connectivity index (χ4v) is 2.38. The first-order valence-corrected chi connectivity index (χ1v) is 6.64. The second-order valence-corrected chi connectivity index (χ2v) is 4.98. The van der Waals surface area contributed by atoms with Crippen LogP contribution in [0.25, 0.3) is 0 Å². The molecular weight excluding hydrogens is 260 g/mol. The van der Waals surface area contributed by atoms with E-state index in [9.17, 15) is 0 Å². The Hall–Kier alpha value is -0.0300. The smallest absolute Gasteiger partial charge is 0.0341 e. The van der Waals surface area contributed by atoms with E-state index in [-0.39, 0.29) is 0 Å². The van der Waals surface area contributed by atoms with Gasteiger partial charge >= 0.3 is 0 Å². The fourth-order valence-electron chi connectivity index (χ4n) is 1.32. The van der Waals surface area contributed by atoms with Gasteiger partial charge in [-0.05, 0) is 30.4 Å². The minimum absolute atomic E-state index is 0.347. The van der Waals surface area contributed by atoms with Crippen LogP contribution in [-0.2, 0) is 6.42 Å². The van der Waals surface area contributed by atoms with E-state index in [0.29, 0.717) is 6.04 Å². The largest absolute Gasteiger partial charge is 0.271 e. The summed E-state index contributed by atoms with van der Waals surface area (Å²) in [7, 11) is 0. The maximum atomic E-state index is 5.47. The van der Waals surface area contributed by atoms with Crippen molar-refractivity contribution in [2.45, 2.75) is 12.5 Å². The van der Waals surface area contributed by atoms with E-state index in [1.54, 1.807) is 11.8 Å². The van der Waals surface area contributed by atoms with Crippen molar-refractivity contribution in [2.75, 3.05) is 12.0 Å². The summed E-state index contributed by atoms with van der Waals surface area (Å²) < 4.78 is 1.12. The van der Waals surface area contributed by atoms with Crippen molar-refractivity contribution in [3.8, 4) is 0 Å². The summed E-state index contributed by atoms with van der Waals surface area (Å²) in [4.78, 5) is 0. The highest BCUT2D eigenvalue weighted by Gasteiger charge is 2.06. The molecule has 0 heterocycles. The second-order valence-electron chi connectivity index (χ2n) is 3.15. The summed E-state index contributed by atoms with van der Waals surface area (Å²) in [6.07, 6.45) is 3.06. The Bertz CT molecular complexity index is 281. The van der Waals surface area contributed by atoms with E-state index >= 15 is 0 Å². The summed E-state index contributed by atoms with van der Waals surface area (Å²) in [5.74, 6) is 6.50. The zero-order valence-corrected chi connectivity index (χ0v) is 10.6. The van der Waals surface area contributed by atoms with Gasteiger partial charge in [0, 0.05) is 16.3 Å². The van der Waals surface area contributed by atoms with Gasteiger partial charge in [0.1, 0.15) is 0 Å². The highest BCUT2D eigenvalue weighted by molar-refractivity contribution is 9.10. The Morgan fingerprint density at radius 3 is 2.93 bits per heavy atom. The van der Waals surface area contributed by atoms with Crippen molar-refractivity contribution >= 4 is 27.7 Å². The standard InChI is InChI=1S/C10H15BrN2S/c1-14-7-10(13-12)6-8-3-2-4-9(11)5-8/h2-5,10,13H,6-7,12H2,1H3. The molecule has 2 nitrogen and oxygen atoms in total. The van der Waals surface area contributed by atoms with Gasteiger partial charge in [-0.15, -0.1) is 0 Å². The van der Waals surface area contributed by atoms with Gasteiger partial charge in [-0.25, -0.2) is 0 Å². The van der Waals surface area contributed by atoms with Gasteiger partial charge in [0.2, 0.25) is 0 Å². The molecular formula is C10H15BrN2S. The molecule has 0 spiro atoms. The van der Waals surface area contributed by atoms with E-state index in [2.05, 4.69) is 39.7 Å². The van der Waals surface area contributed by atoms with E-state index in [0.717, 1.165) is 16.6 Å². The number of hydrazine groups is 1. The third kappa shape index (κ3) is 4.00. The average Bonchev–Trinajstić information content (AvgIpc) is 2.17. The van der Waals surface area contributed by atoms with Crippen molar-refractivity contribution in [1.82, 2.24) is 5.43 Å². The van der Waals surface area contributed by atoms with Crippen molar-refractivity contribution in [3.63, 3.8) is 0 Å². The number of halogens is 1. The van der Waals surface area contributed by atoms with Crippen LogP contribution in [0.4, 0.5) is 0 Å². The molecule has 0 aliphatic carbocycles. The normalized spacial score (nSPS) is 12.8. The van der Waals surface area contributed by atoms with Crippen molar-refractivity contribution in [1.29, 1.82) is 0 Å². The first-order valence-electron chi connectivity index (χ1n) is 4.45. The number of nitrogens with one attached hydrogen (secondary N) is 1. The maximum Gasteiger partial charge on any atom is 0.0341 e. The number of hydrogen-bond acceptors (Lipinski definition) is 3. The molecule has 0 fully saturated rings. The molecule has 14 heavy (non-hydrogen) atoms. The van der Waals surface area contributed by atoms with Crippen LogP contribution in [0.5, 0.6) is 0 Å². The number of hydrogen-bond donors (Lipinski definition) is 2. The molecule has 0 aliphatic heterocycles. The van der Waals surface area contributed by atoms with Crippen LogP contribution < -0.4 is 11.3 Å². The van der Waals surface area contributed by atoms with Crippen LogP contribution in [0.1, 0.15) is 5.56 Å². The Balaban J connectivity index is 2.57. The molecule has 0 bridgehead atoms. The SMILES string of the molecule is CSCC(Cc1cccc(Br)c1)NN. The summed E-state index contributed by atoms with van der Waals surface area (Å²) in [5.41, 5.74) is 4.14. The van der Waals surface area contributed by atoms with Crippen molar-refractivity contribution in [3.05, 3.63) is 34.3 Å². The quantitative estimate of drug-likeness (QED) is 0.639. The van der Waals surface area contributed by atoms with Crippen LogP contribution in [0.2, 0.25) is 0 Å². The van der Waals surface area contributed by atoms with Crippen LogP contribution in [0.3, 0.4) is 0 Å². The van der Waals surface area contributed by atoms with Crippen LogP contribution in [-0.4, -0.2) is 18.1 Å². The molecule has 0 saturated carbocycles. The van der Waals surface area contributed by atoms with Gasteiger partial charge < -0.3 is 0 Å². The monoisotopic (exact) mass is 274 g/mol. The predicted molar refractivity (Wildman–Crippen MR) is 67.3 cm³/mol. The topological polar surface area (TPSA) is 38.0 Å². The highest BCUT2D eigenvalue weighted by atomic mass is 79.9. The molecule has 4 heteroatoms. The third-order valence-corrected chi connectivity index (χ3v) is 3.20. The van der Waals surface area contributed by atoms with E-state index in [1.165, 1.54) is 5.56 Å². The summed E-state index contributed by atoms with van der Waals surface area (Å²) in [6.45, 7) is 0. The van der Waals surface area contributed by atoms with Gasteiger partial charge in [-0.1, -0.05) is 28.1 Å². The lowest BCUT2D eigenvalue weighted by Crippen LogP contribution is -2.38. The molecule has 1 aromatic carbocycles. The molecule has 0 amide bonds. The zero-order chi connectivity index (χ0) is 10.4. The summed E-state index contributed by atoms with van der Waals surface area (Å²) >= 11 is 5.26. The molecule has 1 aromatic rings.